The minimum atomic E-state index is 0.833. The van der Waals surface area contributed by atoms with Crippen molar-refractivity contribution in [2.45, 2.75) is 64.5 Å². The standard InChI is InChI=1S/C14H28N2/c1-12(2)14-8-5-11-16(14)10-4-7-13-6-3-9-15-13/h12-15H,3-11H2,1-2H3. The van der Waals surface area contributed by atoms with Crippen LogP contribution in [0, 0.1) is 5.92 Å². The van der Waals surface area contributed by atoms with Crippen molar-refractivity contribution in [2.75, 3.05) is 19.6 Å². The zero-order chi connectivity index (χ0) is 11.4. The van der Waals surface area contributed by atoms with Crippen LogP contribution < -0.4 is 5.32 Å². The first-order valence-electron chi connectivity index (χ1n) is 7.25. The number of nitrogens with zero attached hydrogens (tertiary/aromatic N) is 1. The first kappa shape index (κ1) is 12.4. The fourth-order valence-corrected chi connectivity index (χ4v) is 3.43. The molecule has 2 unspecified atom stereocenters. The molecule has 0 saturated carbocycles. The van der Waals surface area contributed by atoms with Gasteiger partial charge in [-0.1, -0.05) is 13.8 Å². The molecule has 2 nitrogen and oxygen atoms in total. The Morgan fingerprint density at radius 3 is 2.81 bits per heavy atom. The van der Waals surface area contributed by atoms with Gasteiger partial charge in [-0.25, -0.2) is 0 Å². The summed E-state index contributed by atoms with van der Waals surface area (Å²) < 4.78 is 0. The van der Waals surface area contributed by atoms with Gasteiger partial charge in [0.1, 0.15) is 0 Å². The Kier molecular flexibility index (Phi) is 4.66. The van der Waals surface area contributed by atoms with Crippen LogP contribution in [0.2, 0.25) is 0 Å². The maximum Gasteiger partial charge on any atom is 0.0119 e. The molecular formula is C14H28N2. The van der Waals surface area contributed by atoms with Gasteiger partial charge in [-0.05, 0) is 64.1 Å². The number of hydrogen-bond acceptors (Lipinski definition) is 2. The highest BCUT2D eigenvalue weighted by atomic mass is 15.2. The van der Waals surface area contributed by atoms with E-state index in [0.717, 1.165) is 18.0 Å². The summed E-state index contributed by atoms with van der Waals surface area (Å²) in [6.45, 7) is 8.69. The molecule has 0 radical (unpaired) electrons. The van der Waals surface area contributed by atoms with Gasteiger partial charge in [0.25, 0.3) is 0 Å². The Labute approximate surface area is 101 Å². The fraction of sp³-hybridized carbons (Fsp3) is 1.00. The lowest BCUT2D eigenvalue weighted by molar-refractivity contribution is 0.201. The average molecular weight is 224 g/mol. The van der Waals surface area contributed by atoms with E-state index in [1.807, 2.05) is 0 Å². The van der Waals surface area contributed by atoms with E-state index in [9.17, 15) is 0 Å². The molecule has 2 atom stereocenters. The topological polar surface area (TPSA) is 15.3 Å². The van der Waals surface area contributed by atoms with E-state index in [1.54, 1.807) is 0 Å². The van der Waals surface area contributed by atoms with Crippen molar-refractivity contribution in [1.82, 2.24) is 10.2 Å². The van der Waals surface area contributed by atoms with Crippen LogP contribution in [-0.2, 0) is 0 Å². The van der Waals surface area contributed by atoms with Gasteiger partial charge in [0.15, 0.2) is 0 Å². The largest absolute Gasteiger partial charge is 0.314 e. The summed E-state index contributed by atoms with van der Waals surface area (Å²) in [5.74, 6) is 0.840. The van der Waals surface area contributed by atoms with E-state index < -0.39 is 0 Å². The van der Waals surface area contributed by atoms with Gasteiger partial charge in [0, 0.05) is 12.1 Å². The van der Waals surface area contributed by atoms with Gasteiger partial charge in [-0.3, -0.25) is 0 Å². The van der Waals surface area contributed by atoms with Crippen LogP contribution in [0.4, 0.5) is 0 Å². The maximum absolute atomic E-state index is 3.60. The molecule has 0 aromatic carbocycles. The summed E-state index contributed by atoms with van der Waals surface area (Å²) >= 11 is 0. The number of likely N-dealkylation sites (tertiary alicyclic amines) is 1. The smallest absolute Gasteiger partial charge is 0.0119 e. The molecule has 2 aliphatic rings. The van der Waals surface area contributed by atoms with Crippen molar-refractivity contribution in [2.24, 2.45) is 5.92 Å². The third-order valence-electron chi connectivity index (χ3n) is 4.34. The predicted octanol–water partition coefficient (Wildman–Crippen LogP) is 2.64. The van der Waals surface area contributed by atoms with E-state index in [-0.39, 0.29) is 0 Å². The number of hydrogen-bond donors (Lipinski definition) is 1. The molecule has 1 N–H and O–H groups in total. The van der Waals surface area contributed by atoms with Crippen LogP contribution >= 0.6 is 0 Å². The lowest BCUT2D eigenvalue weighted by Crippen LogP contribution is -2.34. The zero-order valence-electron chi connectivity index (χ0n) is 11.0. The number of nitrogens with one attached hydrogen (secondary N) is 1. The molecule has 0 amide bonds. The van der Waals surface area contributed by atoms with Gasteiger partial charge in [-0.2, -0.15) is 0 Å². The van der Waals surface area contributed by atoms with Gasteiger partial charge in [0.05, 0.1) is 0 Å². The molecule has 0 aliphatic carbocycles. The predicted molar refractivity (Wildman–Crippen MR) is 69.7 cm³/mol. The van der Waals surface area contributed by atoms with E-state index in [2.05, 4.69) is 24.1 Å². The van der Waals surface area contributed by atoms with Gasteiger partial charge < -0.3 is 10.2 Å². The molecule has 0 aromatic rings. The van der Waals surface area contributed by atoms with Crippen LogP contribution in [0.1, 0.15) is 52.4 Å². The Morgan fingerprint density at radius 2 is 2.12 bits per heavy atom. The lowest BCUT2D eigenvalue weighted by Gasteiger charge is -2.27. The molecule has 0 bridgehead atoms. The third kappa shape index (κ3) is 3.21. The first-order valence-corrected chi connectivity index (χ1v) is 7.25. The highest BCUT2D eigenvalue weighted by molar-refractivity contribution is 4.82. The van der Waals surface area contributed by atoms with Crippen LogP contribution in [-0.4, -0.2) is 36.6 Å². The van der Waals surface area contributed by atoms with E-state index >= 15 is 0 Å². The second-order valence-corrected chi connectivity index (χ2v) is 5.93. The molecule has 16 heavy (non-hydrogen) atoms. The molecule has 2 fully saturated rings. The van der Waals surface area contributed by atoms with Crippen molar-refractivity contribution >= 4 is 0 Å². The van der Waals surface area contributed by atoms with E-state index in [4.69, 9.17) is 0 Å². The summed E-state index contributed by atoms with van der Waals surface area (Å²) in [5.41, 5.74) is 0. The van der Waals surface area contributed by atoms with E-state index in [0.29, 0.717) is 0 Å². The van der Waals surface area contributed by atoms with Crippen LogP contribution in [0.5, 0.6) is 0 Å². The molecule has 0 aromatic heterocycles. The summed E-state index contributed by atoms with van der Waals surface area (Å²) in [5, 5.41) is 3.60. The normalized spacial score (nSPS) is 31.7. The van der Waals surface area contributed by atoms with Gasteiger partial charge >= 0.3 is 0 Å². The highest BCUT2D eigenvalue weighted by Gasteiger charge is 2.26. The minimum Gasteiger partial charge on any atom is -0.314 e. The molecule has 2 aliphatic heterocycles. The number of rotatable bonds is 5. The summed E-state index contributed by atoms with van der Waals surface area (Å²) in [6.07, 6.45) is 8.43. The Hall–Kier alpha value is -0.0800. The van der Waals surface area contributed by atoms with Crippen LogP contribution in [0.25, 0.3) is 0 Å². The Bertz CT molecular complexity index is 197. The molecule has 2 heterocycles. The maximum atomic E-state index is 3.60. The first-order chi connectivity index (χ1) is 7.77. The zero-order valence-corrected chi connectivity index (χ0v) is 11.0. The minimum absolute atomic E-state index is 0.833. The van der Waals surface area contributed by atoms with Crippen molar-refractivity contribution in [3.8, 4) is 0 Å². The summed E-state index contributed by atoms with van der Waals surface area (Å²) in [6, 6.07) is 1.71. The molecule has 2 heteroatoms. The lowest BCUT2D eigenvalue weighted by atomic mass is 10.0. The van der Waals surface area contributed by atoms with E-state index in [1.165, 1.54) is 58.2 Å². The van der Waals surface area contributed by atoms with Crippen LogP contribution in [0.3, 0.4) is 0 Å². The quantitative estimate of drug-likeness (QED) is 0.772. The molecule has 94 valence electrons. The third-order valence-corrected chi connectivity index (χ3v) is 4.34. The van der Waals surface area contributed by atoms with Crippen molar-refractivity contribution < 1.29 is 0 Å². The molecule has 0 spiro atoms. The fourth-order valence-electron chi connectivity index (χ4n) is 3.43. The molecule has 2 saturated heterocycles. The summed E-state index contributed by atoms with van der Waals surface area (Å²) in [4.78, 5) is 2.74. The SMILES string of the molecule is CC(C)C1CCCN1CCCC1CCCN1. The summed E-state index contributed by atoms with van der Waals surface area (Å²) in [7, 11) is 0. The second kappa shape index (κ2) is 6.02. The Balaban J connectivity index is 1.64. The van der Waals surface area contributed by atoms with Crippen LogP contribution in [0.15, 0.2) is 0 Å². The molecule has 2 rings (SSSR count). The monoisotopic (exact) mass is 224 g/mol. The molecular weight excluding hydrogens is 196 g/mol. The van der Waals surface area contributed by atoms with Crippen molar-refractivity contribution in [3.05, 3.63) is 0 Å². The Morgan fingerprint density at radius 1 is 1.25 bits per heavy atom. The second-order valence-electron chi connectivity index (χ2n) is 5.93. The van der Waals surface area contributed by atoms with Gasteiger partial charge in [-0.15, -0.1) is 0 Å². The average Bonchev–Trinajstić information content (AvgIpc) is 2.87. The van der Waals surface area contributed by atoms with Gasteiger partial charge in [0.2, 0.25) is 0 Å². The van der Waals surface area contributed by atoms with Crippen molar-refractivity contribution in [3.63, 3.8) is 0 Å². The highest BCUT2D eigenvalue weighted by Crippen LogP contribution is 2.24. The van der Waals surface area contributed by atoms with Crippen molar-refractivity contribution in [1.29, 1.82) is 0 Å².